The predicted molar refractivity (Wildman–Crippen MR) is 67.5 cm³/mol. The van der Waals surface area contributed by atoms with Crippen LogP contribution in [0.1, 0.15) is 29.6 Å². The third kappa shape index (κ3) is 2.26. The molecule has 0 spiro atoms. The van der Waals surface area contributed by atoms with Crippen molar-refractivity contribution in [2.75, 3.05) is 6.61 Å². The fourth-order valence-corrected chi connectivity index (χ4v) is 2.54. The van der Waals surface area contributed by atoms with Crippen molar-refractivity contribution in [3.8, 4) is 0 Å². The molecule has 3 rings (SSSR count). The molecule has 0 amide bonds. The van der Waals surface area contributed by atoms with Crippen LogP contribution in [-0.4, -0.2) is 24.6 Å². The van der Waals surface area contributed by atoms with E-state index in [1.165, 1.54) is 0 Å². The second-order valence-electron chi connectivity index (χ2n) is 4.73. The summed E-state index contributed by atoms with van der Waals surface area (Å²) in [7, 11) is 0. The highest BCUT2D eigenvalue weighted by atomic mass is 16.6. The van der Waals surface area contributed by atoms with Crippen molar-refractivity contribution >= 4 is 11.9 Å². The molecule has 2 aliphatic rings. The van der Waals surface area contributed by atoms with Crippen LogP contribution in [0.25, 0.3) is 0 Å². The number of hydrogen-bond acceptors (Lipinski definition) is 4. The molecule has 1 aliphatic heterocycles. The smallest absolute Gasteiger partial charge is 0.338 e. The highest BCUT2D eigenvalue weighted by Gasteiger charge is 2.35. The van der Waals surface area contributed by atoms with Crippen molar-refractivity contribution in [3.63, 3.8) is 0 Å². The van der Waals surface area contributed by atoms with Crippen LogP contribution in [0.4, 0.5) is 0 Å². The molecule has 4 heteroatoms. The highest BCUT2D eigenvalue weighted by Crippen LogP contribution is 2.32. The summed E-state index contributed by atoms with van der Waals surface area (Å²) in [6.07, 6.45) is 2.02. The minimum atomic E-state index is -0.348. The summed E-state index contributed by atoms with van der Waals surface area (Å²) in [5.74, 6) is -0.603. The molecular weight excluding hydrogens is 244 g/mol. The molecule has 0 bridgehead atoms. The van der Waals surface area contributed by atoms with E-state index in [1.807, 2.05) is 6.07 Å². The van der Waals surface area contributed by atoms with Crippen molar-refractivity contribution in [2.45, 2.75) is 25.4 Å². The lowest BCUT2D eigenvalue weighted by molar-refractivity contribution is -0.136. The van der Waals surface area contributed by atoms with Gasteiger partial charge >= 0.3 is 11.9 Å². The number of cyclic esters (lactones) is 1. The molecule has 0 N–H and O–H groups in total. The van der Waals surface area contributed by atoms with Crippen molar-refractivity contribution < 1.29 is 19.1 Å². The third-order valence-electron chi connectivity index (χ3n) is 3.53. The fraction of sp³-hybridized carbons (Fsp3) is 0.333. The number of hydrogen-bond donors (Lipinski definition) is 0. The van der Waals surface area contributed by atoms with Gasteiger partial charge in [-0.3, -0.25) is 0 Å². The van der Waals surface area contributed by atoms with Crippen LogP contribution in [-0.2, 0) is 14.3 Å². The summed E-state index contributed by atoms with van der Waals surface area (Å²) in [6, 6.07) is 8.88. The maximum Gasteiger partial charge on any atom is 0.338 e. The summed E-state index contributed by atoms with van der Waals surface area (Å²) >= 11 is 0. The van der Waals surface area contributed by atoms with Crippen LogP contribution < -0.4 is 0 Å². The van der Waals surface area contributed by atoms with Crippen LogP contribution in [0.5, 0.6) is 0 Å². The number of esters is 2. The van der Waals surface area contributed by atoms with Gasteiger partial charge in [-0.1, -0.05) is 18.2 Å². The summed E-state index contributed by atoms with van der Waals surface area (Å²) in [6.45, 7) is 0.265. The van der Waals surface area contributed by atoms with E-state index in [1.54, 1.807) is 24.3 Å². The molecule has 0 fully saturated rings. The zero-order valence-corrected chi connectivity index (χ0v) is 10.4. The molecule has 1 aromatic rings. The minimum Gasteiger partial charge on any atom is -0.458 e. The van der Waals surface area contributed by atoms with Gasteiger partial charge in [-0.05, 0) is 31.4 Å². The van der Waals surface area contributed by atoms with E-state index in [2.05, 4.69) is 0 Å². The Labute approximate surface area is 111 Å². The second-order valence-corrected chi connectivity index (χ2v) is 4.73. The van der Waals surface area contributed by atoms with Crippen molar-refractivity contribution in [3.05, 3.63) is 47.0 Å². The number of rotatable bonds is 2. The lowest BCUT2D eigenvalue weighted by Crippen LogP contribution is -2.24. The standard InChI is InChI=1S/C15H14O4/c16-14(10-5-2-1-3-6-10)19-13-8-4-7-11-12(13)9-18-15(11)17/h1-3,5-6,13H,4,7-9H2/t13-/m1/s1. The first-order valence-corrected chi connectivity index (χ1v) is 6.41. The molecule has 0 saturated carbocycles. The second kappa shape index (κ2) is 4.88. The molecule has 0 aromatic heterocycles. The average molecular weight is 258 g/mol. The SMILES string of the molecule is O=C1OCC2=C1CCC[C@H]2OC(=O)c1ccccc1. The molecule has 0 radical (unpaired) electrons. The molecular formula is C15H14O4. The topological polar surface area (TPSA) is 52.6 Å². The Hall–Kier alpha value is -2.10. The van der Waals surface area contributed by atoms with Gasteiger partial charge in [-0.15, -0.1) is 0 Å². The van der Waals surface area contributed by atoms with Crippen LogP contribution in [0, 0.1) is 0 Å². The molecule has 1 heterocycles. The van der Waals surface area contributed by atoms with Crippen LogP contribution in [0.3, 0.4) is 0 Å². The van der Waals surface area contributed by atoms with Gasteiger partial charge in [-0.25, -0.2) is 9.59 Å². The summed E-state index contributed by atoms with van der Waals surface area (Å²) in [4.78, 5) is 23.5. The Morgan fingerprint density at radius 2 is 2.05 bits per heavy atom. The van der Waals surface area contributed by atoms with Crippen LogP contribution in [0.15, 0.2) is 41.5 Å². The van der Waals surface area contributed by atoms with Gasteiger partial charge in [0.1, 0.15) is 12.7 Å². The van der Waals surface area contributed by atoms with Crippen LogP contribution >= 0.6 is 0 Å². The average Bonchev–Trinajstić information content (AvgIpc) is 2.83. The number of ether oxygens (including phenoxy) is 2. The number of carbonyl (C=O) groups is 2. The van der Waals surface area contributed by atoms with Gasteiger partial charge in [0.15, 0.2) is 0 Å². The fourth-order valence-electron chi connectivity index (χ4n) is 2.54. The monoisotopic (exact) mass is 258 g/mol. The maximum absolute atomic E-state index is 12.0. The Morgan fingerprint density at radius 3 is 2.84 bits per heavy atom. The summed E-state index contributed by atoms with van der Waals surface area (Å²) < 4.78 is 10.5. The Balaban J connectivity index is 1.77. The lowest BCUT2D eigenvalue weighted by Gasteiger charge is -2.22. The zero-order valence-electron chi connectivity index (χ0n) is 10.4. The quantitative estimate of drug-likeness (QED) is 0.763. The zero-order chi connectivity index (χ0) is 13.2. The third-order valence-corrected chi connectivity index (χ3v) is 3.53. The van der Waals surface area contributed by atoms with E-state index in [-0.39, 0.29) is 24.6 Å². The predicted octanol–water partition coefficient (Wildman–Crippen LogP) is 2.25. The Kier molecular flexibility index (Phi) is 3.07. The molecule has 0 saturated heterocycles. The van der Waals surface area contributed by atoms with Gasteiger partial charge < -0.3 is 9.47 Å². The summed E-state index contributed by atoms with van der Waals surface area (Å²) in [5, 5.41) is 0. The van der Waals surface area contributed by atoms with Crippen molar-refractivity contribution in [1.82, 2.24) is 0 Å². The first-order valence-electron chi connectivity index (χ1n) is 6.41. The van der Waals surface area contributed by atoms with Gasteiger partial charge in [0.2, 0.25) is 0 Å². The van der Waals surface area contributed by atoms with E-state index in [4.69, 9.17) is 9.47 Å². The largest absolute Gasteiger partial charge is 0.458 e. The molecule has 1 atom stereocenters. The van der Waals surface area contributed by atoms with Gasteiger partial charge in [0, 0.05) is 11.1 Å². The first kappa shape index (κ1) is 12.0. The van der Waals surface area contributed by atoms with Gasteiger partial charge in [-0.2, -0.15) is 0 Å². The first-order chi connectivity index (χ1) is 9.25. The number of carbonyl (C=O) groups excluding carboxylic acids is 2. The van der Waals surface area contributed by atoms with E-state index in [0.29, 0.717) is 11.1 Å². The lowest BCUT2D eigenvalue weighted by atomic mass is 9.91. The molecule has 1 aromatic carbocycles. The van der Waals surface area contributed by atoms with Crippen LogP contribution in [0.2, 0.25) is 0 Å². The number of benzene rings is 1. The highest BCUT2D eigenvalue weighted by molar-refractivity contribution is 5.93. The molecule has 1 aliphatic carbocycles. The van der Waals surface area contributed by atoms with Gasteiger partial charge in [0.25, 0.3) is 0 Å². The normalized spacial score (nSPS) is 21.9. The molecule has 98 valence electrons. The molecule has 19 heavy (non-hydrogen) atoms. The van der Waals surface area contributed by atoms with Crippen molar-refractivity contribution in [1.29, 1.82) is 0 Å². The van der Waals surface area contributed by atoms with E-state index in [0.717, 1.165) is 24.8 Å². The minimum absolute atomic E-state index is 0.254. The molecule has 0 unspecified atom stereocenters. The maximum atomic E-state index is 12.0. The van der Waals surface area contributed by atoms with Crippen molar-refractivity contribution in [2.24, 2.45) is 0 Å². The Morgan fingerprint density at radius 1 is 1.26 bits per heavy atom. The molecule has 4 nitrogen and oxygen atoms in total. The van der Waals surface area contributed by atoms with E-state index in [9.17, 15) is 9.59 Å². The summed E-state index contributed by atoms with van der Waals surface area (Å²) in [5.41, 5.74) is 2.08. The van der Waals surface area contributed by atoms with E-state index >= 15 is 0 Å². The van der Waals surface area contributed by atoms with Gasteiger partial charge in [0.05, 0.1) is 5.56 Å². The van der Waals surface area contributed by atoms with E-state index < -0.39 is 0 Å². The Bertz CT molecular complexity index is 545.